The molecule has 324 valence electrons. The summed E-state index contributed by atoms with van der Waals surface area (Å²) in [6, 6.07) is 3.43. The van der Waals surface area contributed by atoms with Gasteiger partial charge in [0.25, 0.3) is 0 Å². The second-order valence-electron chi connectivity index (χ2n) is 20.9. The fraction of sp³-hybridized carbons (Fsp3) is 0.750. The topological polar surface area (TPSA) is 118 Å². The van der Waals surface area contributed by atoms with Gasteiger partial charge in [0, 0.05) is 43.4 Å². The number of carbonyl (C=O) groups excluding carboxylic acids is 3. The average molecular weight is 977 g/mol. The molecule has 7 nitrogen and oxygen atoms in total. The van der Waals surface area contributed by atoms with E-state index < -0.39 is 5.97 Å². The molecule has 2 aromatic rings. The standard InChI is InChI=1S/C24H31BrO3S.C19H30O2.C5H3BrO2S/c1-23-9-7-16(28-22(27)20-12-15(25)13-29-20)11-14(23)3-4-17-18-5-6-21(26)24(18,2)10-8-19(17)23;1-18-9-7-13(20)11-12(18)3-4-14-15-5-6-17(21)19(15,2)10-8-16(14)18;6-3-1-4(5(7)8)9-2-3/h12-14,16-19H,3-11H2,1-2H3;12-16,20H,3-11H2,1-2H3;1-2H,(H,7,8)/t14-,16-,17-,18-,19-,23-,24-;12-,13-,14-,15-,16-,18-,19-;/m00./s1. The Kier molecular flexibility index (Phi) is 12.7. The van der Waals surface area contributed by atoms with E-state index in [1.807, 2.05) is 11.4 Å². The first kappa shape index (κ1) is 44.2. The normalized spacial score (nSPS) is 43.2. The first-order chi connectivity index (χ1) is 28.0. The van der Waals surface area contributed by atoms with Gasteiger partial charge in [-0.3, -0.25) is 9.59 Å². The number of carboxylic acid groups (broad SMARTS) is 1. The molecule has 8 aliphatic carbocycles. The van der Waals surface area contributed by atoms with Gasteiger partial charge in [-0.05, 0) is 205 Å². The lowest BCUT2D eigenvalue weighted by molar-refractivity contribution is -0.143. The van der Waals surface area contributed by atoms with Crippen molar-refractivity contribution in [3.8, 4) is 0 Å². The molecule has 11 heteroatoms. The summed E-state index contributed by atoms with van der Waals surface area (Å²) in [5.41, 5.74) is 0.768. The van der Waals surface area contributed by atoms with Gasteiger partial charge in [-0.25, -0.2) is 9.59 Å². The maximum Gasteiger partial charge on any atom is 0.348 e. The molecule has 8 aliphatic rings. The maximum absolute atomic E-state index is 12.6. The van der Waals surface area contributed by atoms with Crippen molar-refractivity contribution in [2.45, 2.75) is 155 Å². The van der Waals surface area contributed by atoms with Crippen LogP contribution in [0.25, 0.3) is 0 Å². The summed E-state index contributed by atoms with van der Waals surface area (Å²) in [6.07, 6.45) is 20.1. The summed E-state index contributed by atoms with van der Waals surface area (Å²) >= 11 is 9.22. The van der Waals surface area contributed by atoms with E-state index >= 15 is 0 Å². The van der Waals surface area contributed by atoms with E-state index in [1.165, 1.54) is 67.6 Å². The highest BCUT2D eigenvalue weighted by atomic mass is 79.9. The van der Waals surface area contributed by atoms with Gasteiger partial charge < -0.3 is 14.9 Å². The second-order valence-corrected chi connectivity index (χ2v) is 24.6. The molecule has 8 saturated carbocycles. The van der Waals surface area contributed by atoms with E-state index in [0.717, 1.165) is 109 Å². The summed E-state index contributed by atoms with van der Waals surface area (Å²) in [4.78, 5) is 48.7. The lowest BCUT2D eigenvalue weighted by Crippen LogP contribution is -2.54. The van der Waals surface area contributed by atoms with Crippen molar-refractivity contribution in [1.29, 1.82) is 0 Å². The van der Waals surface area contributed by atoms with Crippen molar-refractivity contribution in [2.75, 3.05) is 0 Å². The van der Waals surface area contributed by atoms with Crippen LogP contribution in [0.3, 0.4) is 0 Å². The molecule has 0 aromatic carbocycles. The summed E-state index contributed by atoms with van der Waals surface area (Å²) in [7, 11) is 0. The summed E-state index contributed by atoms with van der Waals surface area (Å²) < 4.78 is 7.69. The Morgan fingerprint density at radius 2 is 1.14 bits per heavy atom. The molecule has 8 fully saturated rings. The highest BCUT2D eigenvalue weighted by molar-refractivity contribution is 9.10. The van der Waals surface area contributed by atoms with E-state index in [0.29, 0.717) is 49.9 Å². The lowest BCUT2D eigenvalue weighted by Gasteiger charge is -2.60. The quantitative estimate of drug-likeness (QED) is 0.294. The Bertz CT molecular complexity index is 1930. The van der Waals surface area contributed by atoms with Gasteiger partial charge in [-0.2, -0.15) is 0 Å². The van der Waals surface area contributed by atoms with E-state index in [2.05, 4.69) is 59.6 Å². The summed E-state index contributed by atoms with van der Waals surface area (Å²) in [5.74, 6) is 5.76. The molecule has 2 heterocycles. The fourth-order valence-corrected chi connectivity index (χ4v) is 17.7. The number of aliphatic hydroxyl groups excluding tert-OH is 1. The summed E-state index contributed by atoms with van der Waals surface area (Å²) in [5, 5.41) is 22.1. The van der Waals surface area contributed by atoms with Crippen molar-refractivity contribution >= 4 is 78.0 Å². The van der Waals surface area contributed by atoms with Crippen LogP contribution in [0.15, 0.2) is 31.8 Å². The van der Waals surface area contributed by atoms with Gasteiger partial charge in [-0.1, -0.05) is 27.7 Å². The molecule has 0 amide bonds. The molecule has 0 unspecified atom stereocenters. The molecule has 0 radical (unpaired) electrons. The molecule has 2 N–H and O–H groups in total. The minimum atomic E-state index is -0.870. The van der Waals surface area contributed by atoms with Crippen LogP contribution in [-0.2, 0) is 14.3 Å². The van der Waals surface area contributed by atoms with Crippen LogP contribution in [0.2, 0.25) is 0 Å². The molecular formula is C48H64Br2O7S2. The number of hydrogen-bond acceptors (Lipinski definition) is 8. The number of halogens is 2. The largest absolute Gasteiger partial charge is 0.477 e. The van der Waals surface area contributed by atoms with E-state index in [4.69, 9.17) is 9.84 Å². The molecule has 0 saturated heterocycles. The van der Waals surface area contributed by atoms with E-state index in [9.17, 15) is 24.3 Å². The van der Waals surface area contributed by atoms with Crippen LogP contribution in [0.5, 0.6) is 0 Å². The van der Waals surface area contributed by atoms with Crippen molar-refractivity contribution in [3.05, 3.63) is 41.6 Å². The van der Waals surface area contributed by atoms with Gasteiger partial charge in [-0.15, -0.1) is 22.7 Å². The first-order valence-corrected chi connectivity index (χ1v) is 26.0. The maximum atomic E-state index is 12.6. The number of aliphatic hydroxyl groups is 1. The third-order valence-corrected chi connectivity index (χ3v) is 21.8. The monoisotopic (exact) mass is 974 g/mol. The highest BCUT2D eigenvalue weighted by Crippen LogP contribution is 2.67. The minimum absolute atomic E-state index is 0.0124. The Balaban J connectivity index is 0.000000140. The summed E-state index contributed by atoms with van der Waals surface area (Å²) in [6.45, 7) is 9.56. The van der Waals surface area contributed by atoms with Gasteiger partial charge >= 0.3 is 11.9 Å². The van der Waals surface area contributed by atoms with Crippen LogP contribution in [-0.4, -0.2) is 45.9 Å². The highest BCUT2D eigenvalue weighted by Gasteiger charge is 2.62. The predicted octanol–water partition coefficient (Wildman–Crippen LogP) is 12.8. The number of aromatic carboxylic acids is 1. The van der Waals surface area contributed by atoms with Crippen molar-refractivity contribution in [3.63, 3.8) is 0 Å². The Morgan fingerprint density at radius 1 is 0.644 bits per heavy atom. The van der Waals surface area contributed by atoms with Crippen LogP contribution < -0.4 is 0 Å². The zero-order valence-electron chi connectivity index (χ0n) is 35.3. The van der Waals surface area contributed by atoms with Gasteiger partial charge in [0.15, 0.2) is 0 Å². The third-order valence-electron chi connectivity index (χ3n) is 18.5. The molecule has 0 bridgehead atoms. The molecule has 0 aliphatic heterocycles. The number of rotatable bonds is 3. The van der Waals surface area contributed by atoms with Crippen molar-refractivity contribution < 1.29 is 34.1 Å². The fourth-order valence-electron chi connectivity index (χ4n) is 15.2. The number of esters is 1. The van der Waals surface area contributed by atoms with Crippen LogP contribution >= 0.6 is 54.5 Å². The Hall–Kier alpha value is -1.40. The van der Waals surface area contributed by atoms with E-state index in [-0.39, 0.29) is 29.0 Å². The average Bonchev–Trinajstić information content (AvgIpc) is 3.98. The SMILES string of the molecule is C[C@]12CC[C@H](O)C[C@@H]1CC[C@@H]1[C@@H]2CC[C@]2(C)C(=O)CC[C@@H]12.C[C@]12CC[C@H](OC(=O)c3cc(Br)cs3)C[C@@H]1CC[C@@H]1[C@@H]2CC[C@]2(C)C(=O)CC[C@@H]12.O=C(O)c1cc(Br)cs1. The number of carbonyl (C=O) groups is 4. The zero-order valence-corrected chi connectivity index (χ0v) is 40.1. The number of ketones is 2. The number of carboxylic acids is 1. The third kappa shape index (κ3) is 8.07. The number of fused-ring (bicyclic) bond motifs is 10. The second kappa shape index (κ2) is 17.0. The molecule has 2 aromatic heterocycles. The molecule has 14 atom stereocenters. The number of ether oxygens (including phenoxy) is 1. The molecule has 0 spiro atoms. The van der Waals surface area contributed by atoms with Gasteiger partial charge in [0.2, 0.25) is 0 Å². The lowest BCUT2D eigenvalue weighted by atomic mass is 9.45. The number of thiophene rings is 2. The van der Waals surface area contributed by atoms with Gasteiger partial charge in [0.05, 0.1) is 6.10 Å². The molecule has 10 rings (SSSR count). The zero-order chi connectivity index (χ0) is 42.1. The van der Waals surface area contributed by atoms with E-state index in [1.54, 1.807) is 11.4 Å². The van der Waals surface area contributed by atoms with Crippen LogP contribution in [0.1, 0.15) is 163 Å². The van der Waals surface area contributed by atoms with Crippen LogP contribution in [0.4, 0.5) is 0 Å². The predicted molar refractivity (Wildman–Crippen MR) is 240 cm³/mol. The van der Waals surface area contributed by atoms with Crippen LogP contribution in [0, 0.1) is 69.0 Å². The number of hydrogen-bond donors (Lipinski definition) is 2. The minimum Gasteiger partial charge on any atom is -0.477 e. The Labute approximate surface area is 375 Å². The first-order valence-electron chi connectivity index (χ1n) is 22.6. The van der Waals surface area contributed by atoms with Crippen molar-refractivity contribution in [1.82, 2.24) is 0 Å². The molecular weight excluding hydrogens is 912 g/mol. The van der Waals surface area contributed by atoms with Gasteiger partial charge in [0.1, 0.15) is 27.4 Å². The smallest absolute Gasteiger partial charge is 0.348 e. The Morgan fingerprint density at radius 3 is 1.61 bits per heavy atom. The number of Topliss-reactive ketones (excluding diaryl/α,β-unsaturated/α-hetero) is 2. The van der Waals surface area contributed by atoms with Crippen molar-refractivity contribution in [2.24, 2.45) is 69.0 Å². The molecule has 59 heavy (non-hydrogen) atoms.